The van der Waals surface area contributed by atoms with Crippen molar-refractivity contribution in [1.82, 2.24) is 4.90 Å². The van der Waals surface area contributed by atoms with Crippen molar-refractivity contribution in [2.24, 2.45) is 5.92 Å². The molecule has 0 radical (unpaired) electrons. The number of nitrogens with two attached hydrogens (primary N) is 1. The summed E-state index contributed by atoms with van der Waals surface area (Å²) in [6, 6.07) is 6.81. The fourth-order valence-corrected chi connectivity index (χ4v) is 3.02. The first-order valence-corrected chi connectivity index (χ1v) is 7.14. The standard InChI is InChI=1S/C14H21BrN2/c1-10-6-7-17(11(2)8-10)9-12-4-3-5-13(16)14(12)15/h3-5,10-11H,6-9,16H2,1-2H3. The monoisotopic (exact) mass is 296 g/mol. The summed E-state index contributed by atoms with van der Waals surface area (Å²) in [5, 5.41) is 0. The zero-order valence-electron chi connectivity index (χ0n) is 10.6. The van der Waals surface area contributed by atoms with E-state index in [9.17, 15) is 0 Å². The van der Waals surface area contributed by atoms with Gasteiger partial charge in [0.1, 0.15) is 0 Å². The van der Waals surface area contributed by atoms with Crippen LogP contribution in [-0.4, -0.2) is 17.5 Å². The first-order chi connectivity index (χ1) is 8.08. The third kappa shape index (κ3) is 3.02. The molecule has 1 fully saturated rings. The summed E-state index contributed by atoms with van der Waals surface area (Å²) in [5.74, 6) is 0.866. The SMILES string of the molecule is CC1CCN(Cc2cccc(N)c2Br)C(C)C1. The lowest BCUT2D eigenvalue weighted by atomic mass is 9.93. The normalized spacial score (nSPS) is 26.1. The van der Waals surface area contributed by atoms with Gasteiger partial charge in [-0.3, -0.25) is 4.90 Å². The van der Waals surface area contributed by atoms with Gasteiger partial charge in [-0.15, -0.1) is 0 Å². The van der Waals surface area contributed by atoms with E-state index in [4.69, 9.17) is 5.73 Å². The van der Waals surface area contributed by atoms with Gasteiger partial charge in [0.25, 0.3) is 0 Å². The molecule has 1 aromatic rings. The van der Waals surface area contributed by atoms with Crippen molar-refractivity contribution >= 4 is 21.6 Å². The Hall–Kier alpha value is -0.540. The Labute approximate surface area is 112 Å². The van der Waals surface area contributed by atoms with Crippen LogP contribution in [-0.2, 0) is 6.54 Å². The predicted octanol–water partition coefficient (Wildman–Crippen LogP) is 3.65. The summed E-state index contributed by atoms with van der Waals surface area (Å²) in [6.45, 7) is 6.88. The summed E-state index contributed by atoms with van der Waals surface area (Å²) in [5.41, 5.74) is 8.05. The maximum Gasteiger partial charge on any atom is 0.0461 e. The van der Waals surface area contributed by atoms with Gasteiger partial charge in [-0.2, -0.15) is 0 Å². The molecule has 3 heteroatoms. The highest BCUT2D eigenvalue weighted by atomic mass is 79.9. The van der Waals surface area contributed by atoms with Gasteiger partial charge >= 0.3 is 0 Å². The second kappa shape index (κ2) is 5.40. The summed E-state index contributed by atoms with van der Waals surface area (Å²) in [4.78, 5) is 2.56. The Balaban J connectivity index is 2.08. The Morgan fingerprint density at radius 2 is 2.18 bits per heavy atom. The van der Waals surface area contributed by atoms with E-state index in [-0.39, 0.29) is 0 Å². The fraction of sp³-hybridized carbons (Fsp3) is 0.571. The van der Waals surface area contributed by atoms with Crippen molar-refractivity contribution in [1.29, 1.82) is 0 Å². The number of piperidine rings is 1. The van der Waals surface area contributed by atoms with Crippen molar-refractivity contribution in [3.05, 3.63) is 28.2 Å². The topological polar surface area (TPSA) is 29.3 Å². The molecule has 94 valence electrons. The van der Waals surface area contributed by atoms with Crippen LogP contribution in [0.3, 0.4) is 0 Å². The van der Waals surface area contributed by atoms with E-state index in [1.165, 1.54) is 24.9 Å². The minimum absolute atomic E-state index is 0.673. The number of rotatable bonds is 2. The van der Waals surface area contributed by atoms with Gasteiger partial charge < -0.3 is 5.73 Å². The van der Waals surface area contributed by atoms with Gasteiger partial charge in [0, 0.05) is 22.7 Å². The average molecular weight is 297 g/mol. The Kier molecular flexibility index (Phi) is 4.10. The van der Waals surface area contributed by atoms with Gasteiger partial charge in [0.05, 0.1) is 0 Å². The maximum absolute atomic E-state index is 5.92. The van der Waals surface area contributed by atoms with Crippen molar-refractivity contribution in [2.45, 2.75) is 39.3 Å². The molecule has 17 heavy (non-hydrogen) atoms. The number of nitrogens with zero attached hydrogens (tertiary/aromatic N) is 1. The molecule has 1 aromatic carbocycles. The lowest BCUT2D eigenvalue weighted by molar-refractivity contribution is 0.122. The minimum Gasteiger partial charge on any atom is -0.398 e. The van der Waals surface area contributed by atoms with E-state index < -0.39 is 0 Å². The molecule has 1 aliphatic heterocycles. The van der Waals surface area contributed by atoms with Crippen LogP contribution in [0.15, 0.2) is 22.7 Å². The van der Waals surface area contributed by atoms with Crippen molar-refractivity contribution in [3.63, 3.8) is 0 Å². The molecular weight excluding hydrogens is 276 g/mol. The van der Waals surface area contributed by atoms with Crippen molar-refractivity contribution in [2.75, 3.05) is 12.3 Å². The highest BCUT2D eigenvalue weighted by Crippen LogP contribution is 2.28. The zero-order chi connectivity index (χ0) is 12.4. The van der Waals surface area contributed by atoms with Crippen LogP contribution in [0.1, 0.15) is 32.3 Å². The largest absolute Gasteiger partial charge is 0.398 e. The molecule has 1 saturated heterocycles. The van der Waals surface area contributed by atoms with Crippen LogP contribution < -0.4 is 5.73 Å². The van der Waals surface area contributed by atoms with E-state index in [0.29, 0.717) is 6.04 Å². The molecule has 1 aliphatic rings. The first kappa shape index (κ1) is 12.9. The van der Waals surface area contributed by atoms with Crippen molar-refractivity contribution in [3.8, 4) is 0 Å². The third-order valence-electron chi connectivity index (χ3n) is 3.76. The molecule has 2 unspecified atom stereocenters. The van der Waals surface area contributed by atoms with Crippen LogP contribution in [0.5, 0.6) is 0 Å². The average Bonchev–Trinajstić information content (AvgIpc) is 2.28. The van der Waals surface area contributed by atoms with Crippen LogP contribution in [0, 0.1) is 5.92 Å². The fourth-order valence-electron chi connectivity index (χ4n) is 2.63. The van der Waals surface area contributed by atoms with Gasteiger partial charge in [0.15, 0.2) is 0 Å². The van der Waals surface area contributed by atoms with Gasteiger partial charge in [-0.05, 0) is 59.8 Å². The number of nitrogen functional groups attached to an aromatic ring is 1. The molecule has 0 aromatic heterocycles. The summed E-state index contributed by atoms with van der Waals surface area (Å²) in [6.07, 6.45) is 2.62. The second-order valence-electron chi connectivity index (χ2n) is 5.27. The smallest absolute Gasteiger partial charge is 0.0461 e. The van der Waals surface area contributed by atoms with Gasteiger partial charge in [-0.1, -0.05) is 19.1 Å². The Morgan fingerprint density at radius 3 is 2.88 bits per heavy atom. The molecule has 2 atom stereocenters. The lowest BCUT2D eigenvalue weighted by Gasteiger charge is -2.36. The van der Waals surface area contributed by atoms with E-state index in [2.05, 4.69) is 40.7 Å². The highest BCUT2D eigenvalue weighted by Gasteiger charge is 2.23. The molecule has 2 rings (SSSR count). The molecule has 0 spiro atoms. The van der Waals surface area contributed by atoms with Gasteiger partial charge in [0.2, 0.25) is 0 Å². The Bertz CT molecular complexity index is 392. The molecule has 0 aliphatic carbocycles. The quantitative estimate of drug-likeness (QED) is 0.844. The molecule has 1 heterocycles. The summed E-state index contributed by atoms with van der Waals surface area (Å²) in [7, 11) is 0. The Morgan fingerprint density at radius 1 is 1.41 bits per heavy atom. The van der Waals surface area contributed by atoms with E-state index in [1.54, 1.807) is 0 Å². The van der Waals surface area contributed by atoms with E-state index in [0.717, 1.165) is 22.6 Å². The number of halogens is 1. The van der Waals surface area contributed by atoms with Crippen LogP contribution in [0.2, 0.25) is 0 Å². The highest BCUT2D eigenvalue weighted by molar-refractivity contribution is 9.10. The molecule has 2 nitrogen and oxygen atoms in total. The summed E-state index contributed by atoms with van der Waals surface area (Å²) >= 11 is 3.59. The second-order valence-corrected chi connectivity index (χ2v) is 6.06. The minimum atomic E-state index is 0.673. The maximum atomic E-state index is 5.92. The molecule has 2 N–H and O–H groups in total. The number of hydrogen-bond acceptors (Lipinski definition) is 2. The van der Waals surface area contributed by atoms with Gasteiger partial charge in [-0.25, -0.2) is 0 Å². The number of hydrogen-bond donors (Lipinski definition) is 1. The number of benzene rings is 1. The summed E-state index contributed by atoms with van der Waals surface area (Å²) < 4.78 is 1.06. The number of anilines is 1. The van der Waals surface area contributed by atoms with Crippen molar-refractivity contribution < 1.29 is 0 Å². The van der Waals surface area contributed by atoms with E-state index in [1.807, 2.05) is 12.1 Å². The van der Waals surface area contributed by atoms with Crippen LogP contribution >= 0.6 is 15.9 Å². The molecule has 0 amide bonds. The van der Waals surface area contributed by atoms with Crippen LogP contribution in [0.25, 0.3) is 0 Å². The number of likely N-dealkylation sites (tertiary alicyclic amines) is 1. The predicted molar refractivity (Wildman–Crippen MR) is 76.8 cm³/mol. The molecular formula is C14H21BrN2. The zero-order valence-corrected chi connectivity index (χ0v) is 12.2. The molecule has 0 saturated carbocycles. The lowest BCUT2D eigenvalue weighted by Crippen LogP contribution is -2.39. The van der Waals surface area contributed by atoms with Crippen LogP contribution in [0.4, 0.5) is 5.69 Å². The third-order valence-corrected chi connectivity index (χ3v) is 4.73. The van der Waals surface area contributed by atoms with E-state index >= 15 is 0 Å². The first-order valence-electron chi connectivity index (χ1n) is 6.35. The molecule has 0 bridgehead atoms.